The van der Waals surface area contributed by atoms with Crippen molar-refractivity contribution in [1.82, 2.24) is 10.2 Å². The first-order valence-corrected chi connectivity index (χ1v) is 8.80. The van der Waals surface area contributed by atoms with E-state index in [1.165, 1.54) is 0 Å². The van der Waals surface area contributed by atoms with Crippen LogP contribution in [-0.2, 0) is 11.3 Å². The number of likely N-dealkylation sites (tertiary alicyclic amines) is 1. The first-order valence-electron chi connectivity index (χ1n) is 8.42. The van der Waals surface area contributed by atoms with Crippen LogP contribution in [0.4, 0.5) is 0 Å². The van der Waals surface area contributed by atoms with Gasteiger partial charge in [-0.15, -0.1) is 0 Å². The molecule has 0 unspecified atom stereocenters. The third-order valence-corrected chi connectivity index (χ3v) is 5.54. The maximum Gasteiger partial charge on any atom is 0.253 e. The van der Waals surface area contributed by atoms with Crippen molar-refractivity contribution in [3.05, 3.63) is 59.0 Å². The van der Waals surface area contributed by atoms with Crippen LogP contribution in [0.25, 0.3) is 0 Å². The van der Waals surface area contributed by atoms with Gasteiger partial charge in [-0.2, -0.15) is 0 Å². The molecule has 2 aromatic rings. The number of benzene rings is 1. The molecule has 1 aromatic carbocycles. The maximum absolute atomic E-state index is 12.6. The zero-order chi connectivity index (χ0) is 17.4. The number of hydrogen-bond acceptors (Lipinski definition) is 3. The second-order valence-corrected chi connectivity index (χ2v) is 7.34. The Morgan fingerprint density at radius 1 is 1.28 bits per heavy atom. The van der Waals surface area contributed by atoms with Crippen molar-refractivity contribution < 1.29 is 14.0 Å². The Labute approximate surface area is 150 Å². The lowest BCUT2D eigenvalue weighted by molar-refractivity contribution is -0.123. The van der Waals surface area contributed by atoms with Crippen LogP contribution in [0.2, 0.25) is 5.02 Å². The summed E-state index contributed by atoms with van der Waals surface area (Å²) in [7, 11) is 0. The second-order valence-electron chi connectivity index (χ2n) is 6.90. The highest BCUT2D eigenvalue weighted by atomic mass is 35.5. The molecule has 1 N–H and O–H groups in total. The highest BCUT2D eigenvalue weighted by Crippen LogP contribution is 2.58. The van der Waals surface area contributed by atoms with Gasteiger partial charge in [0, 0.05) is 35.0 Å². The van der Waals surface area contributed by atoms with Crippen LogP contribution in [0.3, 0.4) is 0 Å². The molecule has 0 bridgehead atoms. The number of hydrogen-bond donors (Lipinski definition) is 1. The topological polar surface area (TPSA) is 62.6 Å². The average molecular weight is 359 g/mol. The monoisotopic (exact) mass is 358 g/mol. The van der Waals surface area contributed by atoms with Gasteiger partial charge in [0.15, 0.2) is 0 Å². The highest BCUT2D eigenvalue weighted by molar-refractivity contribution is 6.30. The molecule has 1 saturated carbocycles. The molecule has 2 fully saturated rings. The Morgan fingerprint density at radius 2 is 2.08 bits per heavy atom. The van der Waals surface area contributed by atoms with Crippen molar-refractivity contribution in [3.63, 3.8) is 0 Å². The van der Waals surface area contributed by atoms with E-state index in [1.54, 1.807) is 36.6 Å². The van der Waals surface area contributed by atoms with Crippen LogP contribution in [-0.4, -0.2) is 29.8 Å². The molecule has 5 nitrogen and oxygen atoms in total. The molecule has 25 heavy (non-hydrogen) atoms. The fourth-order valence-corrected chi connectivity index (χ4v) is 3.85. The number of amides is 2. The fraction of sp³-hybridized carbons (Fsp3) is 0.368. The minimum absolute atomic E-state index is 0.00881. The maximum atomic E-state index is 12.6. The van der Waals surface area contributed by atoms with Gasteiger partial charge in [0.05, 0.1) is 12.8 Å². The fourth-order valence-electron chi connectivity index (χ4n) is 3.72. The van der Waals surface area contributed by atoms with E-state index in [4.69, 9.17) is 16.0 Å². The summed E-state index contributed by atoms with van der Waals surface area (Å²) in [6, 6.07) is 10.6. The molecular formula is C19H19ClN2O3. The quantitative estimate of drug-likeness (QED) is 0.913. The van der Waals surface area contributed by atoms with Crippen molar-refractivity contribution >= 4 is 23.4 Å². The number of carbonyl (C=O) groups is 2. The number of nitrogens with zero attached hydrogens (tertiary/aromatic N) is 1. The molecule has 1 aliphatic carbocycles. The number of halogens is 1. The molecule has 1 aromatic heterocycles. The van der Waals surface area contributed by atoms with E-state index in [1.807, 2.05) is 11.0 Å². The Kier molecular flexibility index (Phi) is 4.04. The molecule has 2 atom stereocenters. The van der Waals surface area contributed by atoms with Crippen LogP contribution in [0.5, 0.6) is 0 Å². The minimum Gasteiger partial charge on any atom is -0.467 e. The zero-order valence-corrected chi connectivity index (χ0v) is 14.5. The van der Waals surface area contributed by atoms with Gasteiger partial charge in [-0.25, -0.2) is 0 Å². The largest absolute Gasteiger partial charge is 0.467 e. The van der Waals surface area contributed by atoms with Crippen molar-refractivity contribution in [3.8, 4) is 0 Å². The van der Waals surface area contributed by atoms with Crippen LogP contribution in [0.15, 0.2) is 47.1 Å². The molecule has 130 valence electrons. The van der Waals surface area contributed by atoms with E-state index in [0.29, 0.717) is 30.2 Å². The summed E-state index contributed by atoms with van der Waals surface area (Å²) in [6.45, 7) is 1.75. The minimum atomic E-state index is -0.0463. The van der Waals surface area contributed by atoms with E-state index in [2.05, 4.69) is 5.32 Å². The van der Waals surface area contributed by atoms with Crippen molar-refractivity contribution in [2.45, 2.75) is 19.4 Å². The molecule has 4 rings (SSSR count). The second kappa shape index (κ2) is 6.23. The predicted octanol–water partition coefficient (Wildman–Crippen LogP) is 3.10. The van der Waals surface area contributed by atoms with Crippen LogP contribution < -0.4 is 5.32 Å². The molecule has 2 heterocycles. The first kappa shape index (κ1) is 16.2. The van der Waals surface area contributed by atoms with Crippen LogP contribution in [0.1, 0.15) is 29.0 Å². The summed E-state index contributed by atoms with van der Waals surface area (Å²) in [6.07, 6.45) is 3.32. The summed E-state index contributed by atoms with van der Waals surface area (Å²) >= 11 is 5.88. The predicted molar refractivity (Wildman–Crippen MR) is 93.1 cm³/mol. The van der Waals surface area contributed by atoms with Crippen molar-refractivity contribution in [2.24, 2.45) is 11.3 Å². The number of furan rings is 1. The highest BCUT2D eigenvalue weighted by Gasteiger charge is 2.61. The van der Waals surface area contributed by atoms with E-state index in [9.17, 15) is 9.59 Å². The van der Waals surface area contributed by atoms with Crippen LogP contribution >= 0.6 is 11.6 Å². The molecule has 0 radical (unpaired) electrons. The van der Waals surface area contributed by atoms with E-state index in [0.717, 1.165) is 18.6 Å². The van der Waals surface area contributed by atoms with E-state index < -0.39 is 0 Å². The molecular weight excluding hydrogens is 340 g/mol. The summed E-state index contributed by atoms with van der Waals surface area (Å²) in [5.74, 6) is 0.798. The third kappa shape index (κ3) is 3.16. The number of rotatable bonds is 4. The average Bonchev–Trinajstić information content (AvgIpc) is 2.96. The Balaban J connectivity index is 1.34. The number of nitrogens with one attached hydrogen (secondary N) is 1. The molecule has 1 spiro atoms. The Hall–Kier alpha value is -2.27. The van der Waals surface area contributed by atoms with Gasteiger partial charge >= 0.3 is 0 Å². The number of carbonyl (C=O) groups excluding carboxylic acids is 2. The summed E-state index contributed by atoms with van der Waals surface area (Å²) in [4.78, 5) is 26.8. The molecule has 6 heteroatoms. The smallest absolute Gasteiger partial charge is 0.253 e. The van der Waals surface area contributed by atoms with Gasteiger partial charge in [0.2, 0.25) is 5.91 Å². The van der Waals surface area contributed by atoms with Gasteiger partial charge in [0.25, 0.3) is 5.91 Å². The SMILES string of the molecule is O=C(NCc1ccco1)[C@H]1C[C@@]12CCN(C(=O)c1ccc(Cl)cc1)C2. The lowest BCUT2D eigenvalue weighted by Gasteiger charge is -2.17. The molecule has 2 aliphatic rings. The van der Waals surface area contributed by atoms with Crippen molar-refractivity contribution in [2.75, 3.05) is 13.1 Å². The third-order valence-electron chi connectivity index (χ3n) is 5.29. The first-order chi connectivity index (χ1) is 12.1. The van der Waals surface area contributed by atoms with Gasteiger partial charge in [0.1, 0.15) is 5.76 Å². The Morgan fingerprint density at radius 3 is 2.80 bits per heavy atom. The summed E-state index contributed by atoms with van der Waals surface area (Å²) < 4.78 is 5.23. The van der Waals surface area contributed by atoms with E-state index >= 15 is 0 Å². The normalized spacial score (nSPS) is 24.5. The zero-order valence-electron chi connectivity index (χ0n) is 13.7. The Bertz CT molecular complexity index is 788. The van der Waals surface area contributed by atoms with Crippen molar-refractivity contribution in [1.29, 1.82) is 0 Å². The van der Waals surface area contributed by atoms with Gasteiger partial charge in [-0.05, 0) is 49.2 Å². The summed E-state index contributed by atoms with van der Waals surface area (Å²) in [5.41, 5.74) is 0.593. The van der Waals surface area contributed by atoms with Gasteiger partial charge < -0.3 is 14.6 Å². The van der Waals surface area contributed by atoms with Crippen LogP contribution in [0, 0.1) is 11.3 Å². The van der Waals surface area contributed by atoms with Gasteiger partial charge in [-0.3, -0.25) is 9.59 Å². The standard InChI is InChI=1S/C19H19ClN2O3/c20-14-5-3-13(4-6-14)18(24)22-8-7-19(12-22)10-16(19)17(23)21-11-15-2-1-9-25-15/h1-6,9,16H,7-8,10-12H2,(H,21,23)/t16-,19-/m1/s1. The lowest BCUT2D eigenvalue weighted by atomic mass is 10.0. The molecule has 1 saturated heterocycles. The van der Waals surface area contributed by atoms with E-state index in [-0.39, 0.29) is 23.1 Å². The lowest BCUT2D eigenvalue weighted by Crippen LogP contribution is -2.31. The summed E-state index contributed by atoms with van der Waals surface area (Å²) in [5, 5.41) is 3.55. The molecule has 1 aliphatic heterocycles. The molecule has 2 amide bonds. The van der Waals surface area contributed by atoms with Gasteiger partial charge in [-0.1, -0.05) is 11.6 Å².